The summed E-state index contributed by atoms with van der Waals surface area (Å²) in [6.07, 6.45) is 3.94. The maximum atomic E-state index is 12.1. The summed E-state index contributed by atoms with van der Waals surface area (Å²) in [7, 11) is 3.63. The van der Waals surface area contributed by atoms with Gasteiger partial charge in [-0.15, -0.1) is 0 Å². The molecule has 3 aromatic heterocycles. The quantitative estimate of drug-likeness (QED) is 0.293. The van der Waals surface area contributed by atoms with E-state index in [1.807, 2.05) is 39.3 Å². The van der Waals surface area contributed by atoms with Crippen LogP contribution in [0.2, 0.25) is 0 Å². The Kier molecular flexibility index (Phi) is 6.49. The molecule has 0 saturated carbocycles. The summed E-state index contributed by atoms with van der Waals surface area (Å²) >= 11 is 0. The maximum Gasteiger partial charge on any atom is 0.243 e. The van der Waals surface area contributed by atoms with Gasteiger partial charge in [0.05, 0.1) is 17.9 Å². The number of aromatic amines is 1. The number of H-pyrrole nitrogens is 1. The van der Waals surface area contributed by atoms with Crippen molar-refractivity contribution in [3.8, 4) is 17.1 Å². The number of carbonyl (C=O) groups excluding carboxylic acids is 1. The molecule has 5 rings (SSSR count). The topological polar surface area (TPSA) is 86.1 Å². The Morgan fingerprint density at radius 3 is 2.64 bits per heavy atom. The van der Waals surface area contributed by atoms with Crippen molar-refractivity contribution in [1.82, 2.24) is 24.2 Å². The van der Waals surface area contributed by atoms with Crippen LogP contribution in [0.4, 0.5) is 0 Å². The first-order chi connectivity index (χ1) is 17.2. The Balaban J connectivity index is 1.48. The predicted octanol–water partition coefficient (Wildman–Crippen LogP) is 5.03. The molecule has 4 aromatic rings. The van der Waals surface area contributed by atoms with E-state index in [1.165, 1.54) is 16.5 Å². The van der Waals surface area contributed by atoms with E-state index in [2.05, 4.69) is 46.9 Å². The molecule has 1 aromatic carbocycles. The van der Waals surface area contributed by atoms with Gasteiger partial charge < -0.3 is 14.8 Å². The zero-order valence-corrected chi connectivity index (χ0v) is 21.7. The second-order valence-electron chi connectivity index (χ2n) is 10.5. The van der Waals surface area contributed by atoms with Crippen LogP contribution in [-0.4, -0.2) is 69.1 Å². The number of amides is 1. The van der Waals surface area contributed by atoms with Gasteiger partial charge in [0.1, 0.15) is 5.65 Å². The van der Waals surface area contributed by atoms with Crippen molar-refractivity contribution in [3.05, 3.63) is 53.3 Å². The largest absolute Gasteiger partial charge is 0.354 e. The average Bonchev–Trinajstić information content (AvgIpc) is 3.43. The van der Waals surface area contributed by atoms with Crippen LogP contribution in [0.15, 0.2) is 36.5 Å². The molecule has 0 unspecified atom stereocenters. The number of pyridine rings is 1. The fourth-order valence-corrected chi connectivity index (χ4v) is 5.46. The van der Waals surface area contributed by atoms with E-state index >= 15 is 0 Å². The van der Waals surface area contributed by atoms with Gasteiger partial charge in [0.25, 0.3) is 0 Å². The minimum absolute atomic E-state index is 0.162. The summed E-state index contributed by atoms with van der Waals surface area (Å²) in [5, 5.41) is 10.8. The number of nitrogens with one attached hydrogen (secondary N) is 1. The highest BCUT2D eigenvalue weighted by Crippen LogP contribution is 2.39. The molecule has 0 spiro atoms. The molecule has 36 heavy (non-hydrogen) atoms. The lowest BCUT2D eigenvalue weighted by Crippen LogP contribution is -2.40. The number of fused-ring (bicyclic) bond motifs is 2. The first-order valence-corrected chi connectivity index (χ1v) is 12.6. The predicted molar refractivity (Wildman–Crippen MR) is 142 cm³/mol. The van der Waals surface area contributed by atoms with Crippen LogP contribution in [0.5, 0.6) is 5.88 Å². The zero-order chi connectivity index (χ0) is 25.6. The highest BCUT2D eigenvalue weighted by Gasteiger charge is 2.24. The van der Waals surface area contributed by atoms with Crippen molar-refractivity contribution >= 4 is 22.5 Å². The Morgan fingerprint density at radius 2 is 1.97 bits per heavy atom. The van der Waals surface area contributed by atoms with E-state index in [1.54, 1.807) is 9.30 Å². The van der Waals surface area contributed by atoms with E-state index in [9.17, 15) is 10.1 Å². The van der Waals surface area contributed by atoms with E-state index in [0.29, 0.717) is 24.3 Å². The lowest BCUT2D eigenvalue weighted by Gasteiger charge is -2.32. The number of nitrogens with zero attached hydrogens (tertiary/aromatic N) is 4. The number of imidazole rings is 1. The average molecular weight is 490 g/mol. The third-order valence-corrected chi connectivity index (χ3v) is 7.39. The van der Waals surface area contributed by atoms with Gasteiger partial charge in [-0.05, 0) is 74.0 Å². The van der Waals surface area contributed by atoms with Gasteiger partial charge in [-0.1, -0.05) is 19.9 Å². The maximum absolute atomic E-state index is 12.1. The number of piperidine rings is 1. The van der Waals surface area contributed by atoms with E-state index in [0.717, 1.165) is 54.0 Å². The summed E-state index contributed by atoms with van der Waals surface area (Å²) in [6.45, 7) is 8.71. The van der Waals surface area contributed by atoms with Gasteiger partial charge in [-0.3, -0.25) is 14.1 Å². The molecule has 1 saturated heterocycles. The molecule has 8 heteroatoms. The highest BCUT2D eigenvalue weighted by atomic mass is 17.1. The fraction of sp³-hybridized carbons (Fsp3) is 0.429. The van der Waals surface area contributed by atoms with Crippen molar-refractivity contribution < 1.29 is 14.9 Å². The summed E-state index contributed by atoms with van der Waals surface area (Å²) in [4.78, 5) is 28.9. The third kappa shape index (κ3) is 4.47. The number of aromatic nitrogens is 3. The number of rotatable bonds is 6. The number of carbonyl (C=O) groups is 1. The van der Waals surface area contributed by atoms with Gasteiger partial charge in [-0.25, -0.2) is 10.2 Å². The Morgan fingerprint density at radius 1 is 1.22 bits per heavy atom. The lowest BCUT2D eigenvalue weighted by molar-refractivity contribution is -0.142. The minimum atomic E-state index is 0.162. The summed E-state index contributed by atoms with van der Waals surface area (Å²) in [6, 6.07) is 10.6. The van der Waals surface area contributed by atoms with Gasteiger partial charge in [0.2, 0.25) is 11.8 Å². The van der Waals surface area contributed by atoms with Crippen LogP contribution in [0.3, 0.4) is 0 Å². The Hall–Kier alpha value is -3.36. The second-order valence-corrected chi connectivity index (χ2v) is 10.5. The lowest BCUT2D eigenvalue weighted by atomic mass is 9.87. The molecule has 0 atom stereocenters. The summed E-state index contributed by atoms with van der Waals surface area (Å²) < 4.78 is 1.74. The number of hydrogen-bond donors (Lipinski definition) is 2. The molecule has 2 N–H and O–H groups in total. The number of benzene rings is 1. The van der Waals surface area contributed by atoms with Crippen LogP contribution in [0.1, 0.15) is 55.3 Å². The highest BCUT2D eigenvalue weighted by molar-refractivity contribution is 5.92. The van der Waals surface area contributed by atoms with E-state index in [-0.39, 0.29) is 5.91 Å². The first-order valence-electron chi connectivity index (χ1n) is 12.6. The third-order valence-electron chi connectivity index (χ3n) is 7.39. The number of hydrogen-bond acceptors (Lipinski definition) is 5. The van der Waals surface area contributed by atoms with Gasteiger partial charge in [0, 0.05) is 42.8 Å². The van der Waals surface area contributed by atoms with Crippen LogP contribution < -0.4 is 4.89 Å². The van der Waals surface area contributed by atoms with Gasteiger partial charge in [0.15, 0.2) is 0 Å². The monoisotopic (exact) mass is 489 g/mol. The summed E-state index contributed by atoms with van der Waals surface area (Å²) in [5.41, 5.74) is 7.23. The van der Waals surface area contributed by atoms with Gasteiger partial charge >= 0.3 is 0 Å². The molecule has 1 fully saturated rings. The van der Waals surface area contributed by atoms with Crippen LogP contribution in [-0.2, 0) is 4.79 Å². The Labute approximate surface area is 211 Å². The smallest absolute Gasteiger partial charge is 0.243 e. The van der Waals surface area contributed by atoms with E-state index < -0.39 is 0 Å². The SMILES string of the molecule is Cc1cn2c(OO)cc(-c3[nH]c4ccc(C5CCN(CC(=O)N(C)C)CC5)cc4c3C(C)C)cc2n1. The van der Waals surface area contributed by atoms with Crippen molar-refractivity contribution in [3.63, 3.8) is 0 Å². The van der Waals surface area contributed by atoms with Crippen molar-refractivity contribution in [2.24, 2.45) is 0 Å². The molecule has 0 radical (unpaired) electrons. The molecule has 8 nitrogen and oxygen atoms in total. The van der Waals surface area contributed by atoms with Gasteiger partial charge in [-0.2, -0.15) is 0 Å². The van der Waals surface area contributed by atoms with Crippen LogP contribution in [0, 0.1) is 6.92 Å². The molecule has 1 aliphatic heterocycles. The number of likely N-dealkylation sites (N-methyl/N-ethyl adjacent to an activating group) is 1. The molecule has 0 aliphatic carbocycles. The normalized spacial score (nSPS) is 15.3. The molecule has 1 amide bonds. The Bertz CT molecular complexity index is 1410. The first kappa shape index (κ1) is 24.3. The van der Waals surface area contributed by atoms with Crippen molar-refractivity contribution in [2.45, 2.75) is 45.4 Å². The fourth-order valence-electron chi connectivity index (χ4n) is 5.46. The second kappa shape index (κ2) is 9.59. The molecule has 4 heterocycles. The van der Waals surface area contributed by atoms with E-state index in [4.69, 9.17) is 4.89 Å². The van der Waals surface area contributed by atoms with Crippen molar-refractivity contribution in [1.29, 1.82) is 0 Å². The molecular formula is C28H35N5O3. The van der Waals surface area contributed by atoms with Crippen molar-refractivity contribution in [2.75, 3.05) is 33.7 Å². The number of aryl methyl sites for hydroxylation is 1. The molecular weight excluding hydrogens is 454 g/mol. The molecule has 0 bridgehead atoms. The minimum Gasteiger partial charge on any atom is -0.354 e. The molecule has 190 valence electrons. The molecule has 1 aliphatic rings. The summed E-state index contributed by atoms with van der Waals surface area (Å²) in [5.74, 6) is 1.27. The van der Waals surface area contributed by atoms with Crippen LogP contribution in [0.25, 0.3) is 27.8 Å². The van der Waals surface area contributed by atoms with Crippen LogP contribution >= 0.6 is 0 Å². The number of likely N-dealkylation sites (tertiary alicyclic amines) is 1. The standard InChI is InChI=1S/C28H35N5O3/c1-17(2)27-22-12-20(19-8-10-32(11-9-19)16-25(34)31(4)5)6-7-23(22)30-28(27)21-13-24-29-18(3)15-33(24)26(14-21)36-35/h6-7,12-15,17,19,30,35H,8-11,16H2,1-5H3. The zero-order valence-electron chi connectivity index (χ0n) is 21.7.